The predicted molar refractivity (Wildman–Crippen MR) is 62.3 cm³/mol. The van der Waals surface area contributed by atoms with Crippen LogP contribution in [0.2, 0.25) is 0 Å². The number of carboxylic acids is 1. The van der Waals surface area contributed by atoms with Gasteiger partial charge >= 0.3 is 5.97 Å². The van der Waals surface area contributed by atoms with E-state index in [1.54, 1.807) is 6.07 Å². The first kappa shape index (κ1) is 11.9. The van der Waals surface area contributed by atoms with Gasteiger partial charge in [0.2, 0.25) is 0 Å². The van der Waals surface area contributed by atoms with Gasteiger partial charge in [0.25, 0.3) is 0 Å². The molecule has 1 aromatic carbocycles. The van der Waals surface area contributed by atoms with Crippen molar-refractivity contribution in [2.45, 2.75) is 31.3 Å². The first-order valence-electron chi connectivity index (χ1n) is 5.56. The number of aryl methyl sites for hydroxylation is 1. The highest BCUT2D eigenvalue weighted by Gasteiger charge is 2.52. The Morgan fingerprint density at radius 1 is 1.47 bits per heavy atom. The standard InChI is InChI=1S/C13H16O4/c1-8-3-4-11(17-2)10(5-8)13(12(15)16)6-9(14)7-13/h3-5,9,14H,6-7H2,1-2H3,(H,15,16). The molecule has 2 N–H and O–H groups in total. The smallest absolute Gasteiger partial charge is 0.314 e. The number of aliphatic carboxylic acids is 1. The molecule has 0 amide bonds. The number of hydrogen-bond acceptors (Lipinski definition) is 3. The van der Waals surface area contributed by atoms with E-state index in [4.69, 9.17) is 4.74 Å². The van der Waals surface area contributed by atoms with E-state index >= 15 is 0 Å². The molecule has 1 fully saturated rings. The van der Waals surface area contributed by atoms with Gasteiger partial charge in [0.05, 0.1) is 13.2 Å². The third-order valence-electron chi connectivity index (χ3n) is 3.45. The van der Waals surface area contributed by atoms with Crippen molar-refractivity contribution >= 4 is 5.97 Å². The fraction of sp³-hybridized carbons (Fsp3) is 0.462. The van der Waals surface area contributed by atoms with E-state index in [1.165, 1.54) is 7.11 Å². The molecule has 4 heteroatoms. The predicted octanol–water partition coefficient (Wildman–Crippen LogP) is 1.48. The Labute approximate surface area is 99.8 Å². The zero-order valence-electron chi connectivity index (χ0n) is 9.93. The number of carboxylic acid groups (broad SMARTS) is 1. The molecule has 0 aromatic heterocycles. The van der Waals surface area contributed by atoms with Gasteiger partial charge in [-0.25, -0.2) is 0 Å². The summed E-state index contributed by atoms with van der Waals surface area (Å²) in [5.41, 5.74) is 0.664. The van der Waals surface area contributed by atoms with Crippen molar-refractivity contribution in [3.8, 4) is 5.75 Å². The highest BCUT2D eigenvalue weighted by molar-refractivity contribution is 5.84. The van der Waals surface area contributed by atoms with Gasteiger partial charge in [-0.3, -0.25) is 4.79 Å². The Hall–Kier alpha value is -1.55. The average molecular weight is 236 g/mol. The Kier molecular flexibility index (Phi) is 2.83. The number of benzene rings is 1. The molecule has 0 aliphatic heterocycles. The molecule has 0 heterocycles. The highest BCUT2D eigenvalue weighted by atomic mass is 16.5. The molecule has 1 saturated carbocycles. The van der Waals surface area contributed by atoms with Gasteiger partial charge in [-0.2, -0.15) is 0 Å². The number of rotatable bonds is 3. The number of carbonyl (C=O) groups is 1. The van der Waals surface area contributed by atoms with Crippen molar-refractivity contribution in [2.24, 2.45) is 0 Å². The summed E-state index contributed by atoms with van der Waals surface area (Å²) in [7, 11) is 1.53. The van der Waals surface area contributed by atoms with E-state index in [9.17, 15) is 15.0 Å². The minimum atomic E-state index is -0.989. The molecule has 0 unspecified atom stereocenters. The van der Waals surface area contributed by atoms with E-state index in [0.717, 1.165) is 5.56 Å². The summed E-state index contributed by atoms with van der Waals surface area (Å²) in [6.45, 7) is 1.91. The first-order chi connectivity index (χ1) is 7.99. The quantitative estimate of drug-likeness (QED) is 0.834. The number of ether oxygens (including phenoxy) is 1. The Bertz CT molecular complexity index is 447. The van der Waals surface area contributed by atoms with Crippen LogP contribution in [-0.4, -0.2) is 29.4 Å². The van der Waals surface area contributed by atoms with E-state index in [0.29, 0.717) is 11.3 Å². The summed E-state index contributed by atoms with van der Waals surface area (Å²) in [5.74, 6) is -0.323. The third-order valence-corrected chi connectivity index (χ3v) is 3.45. The van der Waals surface area contributed by atoms with Crippen LogP contribution in [0.3, 0.4) is 0 Å². The van der Waals surface area contributed by atoms with E-state index < -0.39 is 17.5 Å². The van der Waals surface area contributed by atoms with Crippen molar-refractivity contribution in [1.82, 2.24) is 0 Å². The van der Waals surface area contributed by atoms with E-state index in [2.05, 4.69) is 0 Å². The summed E-state index contributed by atoms with van der Waals surface area (Å²) in [6, 6.07) is 5.49. The monoisotopic (exact) mass is 236 g/mol. The lowest BCUT2D eigenvalue weighted by molar-refractivity contribution is -0.153. The zero-order valence-corrected chi connectivity index (χ0v) is 9.93. The molecule has 0 saturated heterocycles. The van der Waals surface area contributed by atoms with Crippen molar-refractivity contribution in [2.75, 3.05) is 7.11 Å². The summed E-state index contributed by atoms with van der Waals surface area (Å²) < 4.78 is 5.22. The number of aliphatic hydroxyl groups excluding tert-OH is 1. The summed E-state index contributed by atoms with van der Waals surface area (Å²) in [5, 5.41) is 18.8. The van der Waals surface area contributed by atoms with Crippen molar-refractivity contribution in [1.29, 1.82) is 0 Å². The fourth-order valence-corrected chi connectivity index (χ4v) is 2.45. The van der Waals surface area contributed by atoms with Gasteiger partial charge in [-0.1, -0.05) is 17.7 Å². The molecule has 2 rings (SSSR count). The average Bonchev–Trinajstić information content (AvgIpc) is 2.24. The lowest BCUT2D eigenvalue weighted by atomic mass is 9.62. The van der Waals surface area contributed by atoms with Crippen LogP contribution in [0, 0.1) is 6.92 Å². The lowest BCUT2D eigenvalue weighted by Gasteiger charge is -2.42. The van der Waals surface area contributed by atoms with Crippen LogP contribution in [0.1, 0.15) is 24.0 Å². The minimum Gasteiger partial charge on any atom is -0.496 e. The second-order valence-corrected chi connectivity index (χ2v) is 4.65. The van der Waals surface area contributed by atoms with Crippen LogP contribution in [0.4, 0.5) is 0 Å². The second kappa shape index (κ2) is 4.04. The second-order valence-electron chi connectivity index (χ2n) is 4.65. The highest BCUT2D eigenvalue weighted by Crippen LogP contribution is 2.47. The molecule has 17 heavy (non-hydrogen) atoms. The van der Waals surface area contributed by atoms with Gasteiger partial charge in [0.15, 0.2) is 0 Å². The third kappa shape index (κ3) is 1.78. The van der Waals surface area contributed by atoms with Gasteiger partial charge in [-0.05, 0) is 25.8 Å². The molecule has 0 bridgehead atoms. The number of aliphatic hydroxyl groups is 1. The minimum absolute atomic E-state index is 0.252. The van der Waals surface area contributed by atoms with Crippen LogP contribution in [-0.2, 0) is 10.2 Å². The van der Waals surface area contributed by atoms with Gasteiger partial charge < -0.3 is 14.9 Å². The number of methoxy groups -OCH3 is 1. The zero-order chi connectivity index (χ0) is 12.6. The molecule has 1 aliphatic rings. The molecular weight excluding hydrogens is 220 g/mol. The molecule has 0 atom stereocenters. The summed E-state index contributed by atoms with van der Waals surface area (Å²) >= 11 is 0. The van der Waals surface area contributed by atoms with E-state index in [-0.39, 0.29) is 12.8 Å². The van der Waals surface area contributed by atoms with Crippen molar-refractivity contribution in [3.63, 3.8) is 0 Å². The maximum absolute atomic E-state index is 11.5. The maximum atomic E-state index is 11.5. The van der Waals surface area contributed by atoms with Crippen LogP contribution in [0.15, 0.2) is 18.2 Å². The van der Waals surface area contributed by atoms with Gasteiger partial charge in [-0.15, -0.1) is 0 Å². The van der Waals surface area contributed by atoms with Crippen LogP contribution in [0.25, 0.3) is 0 Å². The van der Waals surface area contributed by atoms with Crippen molar-refractivity contribution in [3.05, 3.63) is 29.3 Å². The number of hydrogen-bond donors (Lipinski definition) is 2. The molecule has 0 radical (unpaired) electrons. The van der Waals surface area contributed by atoms with Crippen LogP contribution >= 0.6 is 0 Å². The lowest BCUT2D eigenvalue weighted by Crippen LogP contribution is -2.50. The fourth-order valence-electron chi connectivity index (χ4n) is 2.45. The molecule has 4 nitrogen and oxygen atoms in total. The Morgan fingerprint density at radius 2 is 2.12 bits per heavy atom. The van der Waals surface area contributed by atoms with Gasteiger partial charge in [0, 0.05) is 5.56 Å². The molecule has 0 spiro atoms. The largest absolute Gasteiger partial charge is 0.496 e. The van der Waals surface area contributed by atoms with Gasteiger partial charge in [0.1, 0.15) is 11.2 Å². The van der Waals surface area contributed by atoms with Crippen LogP contribution in [0.5, 0.6) is 5.75 Å². The van der Waals surface area contributed by atoms with Crippen LogP contribution < -0.4 is 4.74 Å². The maximum Gasteiger partial charge on any atom is 0.314 e. The summed E-state index contributed by atoms with van der Waals surface area (Å²) in [6.07, 6.45) is -0.0269. The SMILES string of the molecule is COc1ccc(C)cc1C1(C(=O)O)CC(O)C1. The first-order valence-corrected chi connectivity index (χ1v) is 5.56. The topological polar surface area (TPSA) is 66.8 Å². The Balaban J connectivity index is 2.50. The van der Waals surface area contributed by atoms with Crippen molar-refractivity contribution < 1.29 is 19.7 Å². The molecular formula is C13H16O4. The molecule has 1 aliphatic carbocycles. The molecule has 92 valence electrons. The Morgan fingerprint density at radius 3 is 2.59 bits per heavy atom. The summed E-state index contributed by atoms with van der Waals surface area (Å²) in [4.78, 5) is 11.5. The normalized spacial score (nSPS) is 27.4. The molecule has 1 aromatic rings. The van der Waals surface area contributed by atoms with E-state index in [1.807, 2.05) is 19.1 Å².